The molecule has 11 heavy (non-hydrogen) atoms. The molecular formula is C10H25P. The number of rotatable bonds is 3. The van der Waals surface area contributed by atoms with Crippen LogP contribution in [0.1, 0.15) is 40.5 Å². The van der Waals surface area contributed by atoms with Gasteiger partial charge in [-0.05, 0) is 0 Å². The van der Waals surface area contributed by atoms with Gasteiger partial charge in [-0.25, -0.2) is 0 Å². The Morgan fingerprint density at radius 1 is 1.09 bits per heavy atom. The van der Waals surface area contributed by atoms with Crippen molar-refractivity contribution in [1.29, 1.82) is 0 Å². The van der Waals surface area contributed by atoms with Crippen LogP contribution in [0.15, 0.2) is 0 Å². The van der Waals surface area contributed by atoms with Crippen molar-refractivity contribution >= 4 is 7.26 Å². The molecule has 0 aliphatic rings. The average molecular weight is 176 g/mol. The summed E-state index contributed by atoms with van der Waals surface area (Å²) in [5.41, 5.74) is 0. The molecule has 0 nitrogen and oxygen atoms in total. The summed E-state index contributed by atoms with van der Waals surface area (Å²) in [7, 11) is -0.926. The van der Waals surface area contributed by atoms with Crippen molar-refractivity contribution in [3.8, 4) is 0 Å². The monoisotopic (exact) mass is 176 g/mol. The Labute approximate surface area is 73.1 Å². The van der Waals surface area contributed by atoms with E-state index >= 15 is 0 Å². The molecule has 0 unspecified atom stereocenters. The molecule has 0 N–H and O–H groups in total. The molecule has 0 aliphatic carbocycles. The van der Waals surface area contributed by atoms with E-state index < -0.39 is 7.26 Å². The van der Waals surface area contributed by atoms with E-state index in [2.05, 4.69) is 41.0 Å². The van der Waals surface area contributed by atoms with Gasteiger partial charge in [0.05, 0.1) is 0 Å². The average Bonchev–Trinajstić information content (AvgIpc) is 1.81. The Bertz CT molecular complexity index is 109. The first-order valence-corrected chi connectivity index (χ1v) is 8.02. The predicted molar refractivity (Wildman–Crippen MR) is 59.7 cm³/mol. The first kappa shape index (κ1) is 11.4. The van der Waals surface area contributed by atoms with Crippen LogP contribution in [0.25, 0.3) is 0 Å². The zero-order valence-electron chi connectivity index (χ0n) is 9.12. The van der Waals surface area contributed by atoms with E-state index in [4.69, 9.17) is 0 Å². The topological polar surface area (TPSA) is 0 Å². The van der Waals surface area contributed by atoms with Crippen molar-refractivity contribution < 1.29 is 0 Å². The van der Waals surface area contributed by atoms with Gasteiger partial charge in [0.2, 0.25) is 0 Å². The molecule has 70 valence electrons. The fourth-order valence-corrected chi connectivity index (χ4v) is 2.98. The van der Waals surface area contributed by atoms with Gasteiger partial charge in [-0.15, -0.1) is 0 Å². The minimum atomic E-state index is -0.926. The van der Waals surface area contributed by atoms with Gasteiger partial charge >= 0.3 is 72.4 Å². The van der Waals surface area contributed by atoms with E-state index in [0.29, 0.717) is 5.16 Å². The summed E-state index contributed by atoms with van der Waals surface area (Å²) in [6, 6.07) is 0. The molecule has 0 aromatic heterocycles. The van der Waals surface area contributed by atoms with Gasteiger partial charge in [-0.1, -0.05) is 0 Å². The Kier molecular flexibility index (Phi) is 4.05. The third-order valence-electron chi connectivity index (χ3n) is 3.19. The molecule has 0 saturated carbocycles. The van der Waals surface area contributed by atoms with Crippen LogP contribution in [-0.4, -0.2) is 24.6 Å². The van der Waals surface area contributed by atoms with Crippen LogP contribution in [0.5, 0.6) is 0 Å². The van der Waals surface area contributed by atoms with Crippen molar-refractivity contribution in [2.75, 3.05) is 19.5 Å². The molecule has 0 aromatic rings. The van der Waals surface area contributed by atoms with Crippen molar-refractivity contribution in [2.45, 2.75) is 45.7 Å². The summed E-state index contributed by atoms with van der Waals surface area (Å²) in [4.78, 5) is 0. The molecule has 0 heterocycles. The van der Waals surface area contributed by atoms with Crippen LogP contribution in [0.4, 0.5) is 0 Å². The van der Waals surface area contributed by atoms with E-state index in [1.165, 1.54) is 19.0 Å². The zero-order valence-corrected chi connectivity index (χ0v) is 10.1. The number of hydrogen-bond donors (Lipinski definition) is 0. The van der Waals surface area contributed by atoms with Crippen molar-refractivity contribution in [3.05, 3.63) is 0 Å². The predicted octanol–water partition coefficient (Wildman–Crippen LogP) is 3.59. The molecule has 0 spiro atoms. The first-order valence-electron chi connectivity index (χ1n) is 4.81. The molecule has 0 bridgehead atoms. The first-order chi connectivity index (χ1) is 4.81. The van der Waals surface area contributed by atoms with Gasteiger partial charge < -0.3 is 0 Å². The van der Waals surface area contributed by atoms with Crippen LogP contribution in [-0.2, 0) is 0 Å². The second-order valence-corrected chi connectivity index (χ2v) is 11.0. The number of hydrogen-bond acceptors (Lipinski definition) is 0. The van der Waals surface area contributed by atoms with Gasteiger partial charge in [0, 0.05) is 0 Å². The van der Waals surface area contributed by atoms with Gasteiger partial charge in [-0.2, -0.15) is 0 Å². The minimum absolute atomic E-state index is 0.585. The van der Waals surface area contributed by atoms with E-state index in [0.717, 1.165) is 0 Å². The quantitative estimate of drug-likeness (QED) is 0.576. The van der Waals surface area contributed by atoms with E-state index in [1.807, 2.05) is 0 Å². The summed E-state index contributed by atoms with van der Waals surface area (Å²) < 4.78 is 0. The van der Waals surface area contributed by atoms with E-state index in [9.17, 15) is 0 Å². The van der Waals surface area contributed by atoms with Crippen LogP contribution < -0.4 is 0 Å². The summed E-state index contributed by atoms with van der Waals surface area (Å²) in [5, 5.41) is 0.585. The Morgan fingerprint density at radius 2 is 1.55 bits per heavy atom. The molecule has 0 rings (SSSR count). The SMILES string of the molecule is CCCC[PH](C)(C)C(C)(C)C. The van der Waals surface area contributed by atoms with Gasteiger partial charge in [-0.3, -0.25) is 0 Å². The van der Waals surface area contributed by atoms with Crippen molar-refractivity contribution in [1.82, 2.24) is 0 Å². The normalized spacial score (nSPS) is 15.1. The summed E-state index contributed by atoms with van der Waals surface area (Å²) in [6.45, 7) is 14.5. The molecular weight excluding hydrogens is 151 g/mol. The maximum absolute atomic E-state index is 2.52. The van der Waals surface area contributed by atoms with Gasteiger partial charge in [0.15, 0.2) is 0 Å². The molecule has 0 atom stereocenters. The Hall–Kier alpha value is 0.430. The van der Waals surface area contributed by atoms with Crippen LogP contribution in [0.2, 0.25) is 0 Å². The second kappa shape index (κ2) is 3.90. The van der Waals surface area contributed by atoms with Gasteiger partial charge in [0.25, 0.3) is 0 Å². The standard InChI is InChI=1S/C10H25P/c1-7-8-9-11(5,6)10(2,3)4/h11H,7-9H2,1-6H3. The molecule has 0 radical (unpaired) electrons. The van der Waals surface area contributed by atoms with Crippen LogP contribution >= 0.6 is 7.26 Å². The van der Waals surface area contributed by atoms with E-state index in [-0.39, 0.29) is 0 Å². The molecule has 0 amide bonds. The summed E-state index contributed by atoms with van der Waals surface area (Å²) in [5.74, 6) is 0. The molecule has 0 saturated heterocycles. The number of unbranched alkanes of at least 4 members (excludes halogenated alkanes) is 1. The Morgan fingerprint density at radius 3 is 1.82 bits per heavy atom. The molecule has 0 aromatic carbocycles. The Balaban J connectivity index is 4.00. The van der Waals surface area contributed by atoms with Crippen molar-refractivity contribution in [2.24, 2.45) is 0 Å². The fourth-order valence-electron chi connectivity index (χ4n) is 0.994. The molecule has 1 heteroatoms. The zero-order chi connectivity index (χ0) is 9.12. The van der Waals surface area contributed by atoms with Gasteiger partial charge in [0.1, 0.15) is 0 Å². The third-order valence-corrected chi connectivity index (χ3v) is 8.85. The maximum atomic E-state index is 2.52. The third kappa shape index (κ3) is 3.56. The molecule has 0 fully saturated rings. The second-order valence-electron chi connectivity index (χ2n) is 5.24. The van der Waals surface area contributed by atoms with E-state index in [1.54, 1.807) is 0 Å². The van der Waals surface area contributed by atoms with Crippen molar-refractivity contribution in [3.63, 3.8) is 0 Å². The molecule has 0 aliphatic heterocycles. The summed E-state index contributed by atoms with van der Waals surface area (Å²) in [6.07, 6.45) is 4.27. The fraction of sp³-hybridized carbons (Fsp3) is 1.00. The van der Waals surface area contributed by atoms with Crippen LogP contribution in [0.3, 0.4) is 0 Å². The van der Waals surface area contributed by atoms with Crippen LogP contribution in [0, 0.1) is 0 Å². The summed E-state index contributed by atoms with van der Waals surface area (Å²) >= 11 is 0.